The van der Waals surface area contributed by atoms with E-state index >= 15 is 0 Å². The number of hydrogen-bond donors (Lipinski definition) is 1. The summed E-state index contributed by atoms with van der Waals surface area (Å²) in [5.74, 6) is -0.0213. The fraction of sp³-hybridized carbons (Fsp3) is 0.391. The molecule has 5 heteroatoms. The second-order valence-electron chi connectivity index (χ2n) is 7.93. The van der Waals surface area contributed by atoms with Gasteiger partial charge in [0.15, 0.2) is 0 Å². The molecule has 0 saturated carbocycles. The third-order valence-corrected chi connectivity index (χ3v) is 5.96. The van der Waals surface area contributed by atoms with Crippen LogP contribution in [0.1, 0.15) is 17.5 Å². The van der Waals surface area contributed by atoms with Crippen molar-refractivity contribution in [1.29, 1.82) is 0 Å². The number of nitrogens with zero attached hydrogens (tertiary/aromatic N) is 2. The van der Waals surface area contributed by atoms with Gasteiger partial charge in [-0.05, 0) is 18.6 Å². The van der Waals surface area contributed by atoms with Crippen molar-refractivity contribution in [2.45, 2.75) is 19.9 Å². The van der Waals surface area contributed by atoms with Crippen molar-refractivity contribution in [3.05, 3.63) is 65.7 Å². The van der Waals surface area contributed by atoms with Gasteiger partial charge in [0.2, 0.25) is 11.8 Å². The van der Waals surface area contributed by atoms with Gasteiger partial charge in [0.05, 0.1) is 32.1 Å². The van der Waals surface area contributed by atoms with Crippen molar-refractivity contribution >= 4 is 17.5 Å². The highest BCUT2D eigenvalue weighted by atomic mass is 16.2. The summed E-state index contributed by atoms with van der Waals surface area (Å²) in [6, 6.07) is 18.4. The second kappa shape index (κ2) is 8.15. The maximum Gasteiger partial charge on any atom is 0.228 e. The maximum absolute atomic E-state index is 13.0. The number of para-hydroxylation sites is 1. The Bertz CT molecular complexity index is 844. The van der Waals surface area contributed by atoms with Gasteiger partial charge in [0.25, 0.3) is 0 Å². The van der Waals surface area contributed by atoms with Gasteiger partial charge in [-0.15, -0.1) is 0 Å². The van der Waals surface area contributed by atoms with Gasteiger partial charge in [-0.1, -0.05) is 48.5 Å². The van der Waals surface area contributed by atoms with Crippen LogP contribution < -0.4 is 9.80 Å². The fourth-order valence-corrected chi connectivity index (χ4v) is 4.33. The fourth-order valence-electron chi connectivity index (χ4n) is 4.33. The number of anilines is 1. The predicted octanol–water partition coefficient (Wildman–Crippen LogP) is 1.28. The minimum absolute atomic E-state index is 0.0565. The molecule has 0 aliphatic carbocycles. The van der Waals surface area contributed by atoms with Gasteiger partial charge < -0.3 is 14.7 Å². The molecule has 2 aromatic carbocycles. The molecule has 0 radical (unpaired) electrons. The van der Waals surface area contributed by atoms with E-state index in [9.17, 15) is 9.59 Å². The molecular weight excluding hydrogens is 350 g/mol. The Labute approximate surface area is 166 Å². The third-order valence-electron chi connectivity index (χ3n) is 5.96. The number of rotatable bonds is 4. The van der Waals surface area contributed by atoms with E-state index in [1.807, 2.05) is 42.2 Å². The van der Waals surface area contributed by atoms with E-state index in [1.54, 1.807) is 4.90 Å². The average Bonchev–Trinajstić information content (AvgIpc) is 3.11. The first-order valence-electron chi connectivity index (χ1n) is 10.1. The highest BCUT2D eigenvalue weighted by Crippen LogP contribution is 2.28. The van der Waals surface area contributed by atoms with Crippen molar-refractivity contribution in [3.63, 3.8) is 0 Å². The number of hydrogen-bond acceptors (Lipinski definition) is 2. The predicted molar refractivity (Wildman–Crippen MR) is 109 cm³/mol. The first kappa shape index (κ1) is 18.7. The lowest BCUT2D eigenvalue weighted by Crippen LogP contribution is -3.13. The third kappa shape index (κ3) is 3.94. The molecule has 2 aliphatic rings. The van der Waals surface area contributed by atoms with Crippen molar-refractivity contribution in [2.24, 2.45) is 5.92 Å². The molecule has 2 aromatic rings. The normalized spacial score (nSPS) is 20.6. The van der Waals surface area contributed by atoms with E-state index in [4.69, 9.17) is 0 Å². The summed E-state index contributed by atoms with van der Waals surface area (Å²) in [5, 5.41) is 0. The molecule has 2 amide bonds. The van der Waals surface area contributed by atoms with Gasteiger partial charge in [-0.2, -0.15) is 0 Å². The van der Waals surface area contributed by atoms with Crippen LogP contribution in [0.25, 0.3) is 0 Å². The van der Waals surface area contributed by atoms with E-state index in [-0.39, 0.29) is 17.7 Å². The van der Waals surface area contributed by atoms with E-state index in [1.165, 1.54) is 10.5 Å². The Hall–Kier alpha value is -2.66. The van der Waals surface area contributed by atoms with Crippen LogP contribution in [0.15, 0.2) is 54.6 Å². The zero-order chi connectivity index (χ0) is 19.5. The number of quaternary nitrogens is 1. The Balaban J connectivity index is 1.33. The van der Waals surface area contributed by atoms with Gasteiger partial charge in [-0.25, -0.2) is 0 Å². The lowest BCUT2D eigenvalue weighted by atomic mass is 10.1. The summed E-state index contributed by atoms with van der Waals surface area (Å²) in [6.45, 7) is 6.98. The minimum Gasteiger partial charge on any atom is -0.331 e. The molecular formula is C23H28N3O2+. The zero-order valence-corrected chi connectivity index (χ0v) is 16.4. The molecule has 0 aromatic heterocycles. The highest BCUT2D eigenvalue weighted by Gasteiger charge is 2.38. The smallest absolute Gasteiger partial charge is 0.228 e. The molecule has 2 heterocycles. The summed E-state index contributed by atoms with van der Waals surface area (Å²) in [7, 11) is 0. The Morgan fingerprint density at radius 1 is 1.04 bits per heavy atom. The second-order valence-corrected chi connectivity index (χ2v) is 7.93. The Morgan fingerprint density at radius 3 is 2.43 bits per heavy atom. The number of amides is 2. The Morgan fingerprint density at radius 2 is 1.71 bits per heavy atom. The molecule has 0 unspecified atom stereocenters. The molecule has 2 aliphatic heterocycles. The standard InChI is InChI=1S/C23H27N3O2/c1-18-7-5-6-10-21(18)26-17-20(15-22(26)27)23(28)25-13-11-24(12-14-25)16-19-8-3-2-4-9-19/h2-10,20H,11-17H2,1H3/p+1/t20-/m0/s1. The van der Waals surface area contributed by atoms with E-state index in [2.05, 4.69) is 24.3 Å². The van der Waals surface area contributed by atoms with Crippen molar-refractivity contribution in [1.82, 2.24) is 4.90 Å². The lowest BCUT2D eigenvalue weighted by molar-refractivity contribution is -0.917. The average molecular weight is 378 g/mol. The molecule has 0 spiro atoms. The van der Waals surface area contributed by atoms with Crippen LogP contribution in [0.3, 0.4) is 0 Å². The van der Waals surface area contributed by atoms with E-state index < -0.39 is 0 Å². The summed E-state index contributed by atoms with van der Waals surface area (Å²) in [6.07, 6.45) is 0.324. The number of aryl methyl sites for hydroxylation is 1. The molecule has 1 atom stereocenters. The van der Waals surface area contributed by atoms with E-state index in [0.717, 1.165) is 44.0 Å². The minimum atomic E-state index is -0.220. The molecule has 4 rings (SSSR count). The molecule has 2 saturated heterocycles. The summed E-state index contributed by atoms with van der Waals surface area (Å²) in [5.41, 5.74) is 3.34. The van der Waals surface area contributed by atoms with E-state index in [0.29, 0.717) is 13.0 Å². The van der Waals surface area contributed by atoms with Gasteiger partial charge in [-0.3, -0.25) is 9.59 Å². The van der Waals surface area contributed by atoms with Crippen LogP contribution in [0, 0.1) is 12.8 Å². The molecule has 0 bridgehead atoms. The molecule has 146 valence electrons. The van der Waals surface area contributed by atoms with Crippen LogP contribution >= 0.6 is 0 Å². The van der Waals surface area contributed by atoms with Crippen LogP contribution in [0.5, 0.6) is 0 Å². The largest absolute Gasteiger partial charge is 0.331 e. The van der Waals surface area contributed by atoms with Crippen LogP contribution in [-0.4, -0.2) is 49.4 Å². The molecule has 1 N–H and O–H groups in total. The number of benzene rings is 2. The SMILES string of the molecule is Cc1ccccc1N1C[C@@H](C(=O)N2CC[NH+](Cc3ccccc3)CC2)CC1=O. The zero-order valence-electron chi connectivity index (χ0n) is 16.4. The topological polar surface area (TPSA) is 45.1 Å². The lowest BCUT2D eigenvalue weighted by Gasteiger charge is -2.33. The van der Waals surface area contributed by atoms with Crippen molar-refractivity contribution in [2.75, 3.05) is 37.6 Å². The molecule has 28 heavy (non-hydrogen) atoms. The first-order valence-corrected chi connectivity index (χ1v) is 10.1. The first-order chi connectivity index (χ1) is 13.6. The number of piperazine rings is 1. The Kier molecular flexibility index (Phi) is 5.44. The van der Waals surface area contributed by atoms with Crippen molar-refractivity contribution < 1.29 is 14.5 Å². The quantitative estimate of drug-likeness (QED) is 0.871. The van der Waals surface area contributed by atoms with Gasteiger partial charge >= 0.3 is 0 Å². The highest BCUT2D eigenvalue weighted by molar-refractivity contribution is 6.00. The summed E-state index contributed by atoms with van der Waals surface area (Å²) < 4.78 is 0. The molecule has 2 fully saturated rings. The van der Waals surface area contributed by atoms with Crippen LogP contribution in [0.2, 0.25) is 0 Å². The number of nitrogens with one attached hydrogen (secondary N) is 1. The number of carbonyl (C=O) groups is 2. The maximum atomic E-state index is 13.0. The number of carbonyl (C=O) groups excluding carboxylic acids is 2. The monoisotopic (exact) mass is 378 g/mol. The van der Waals surface area contributed by atoms with Gasteiger partial charge in [0.1, 0.15) is 6.54 Å². The van der Waals surface area contributed by atoms with Gasteiger partial charge in [0, 0.05) is 24.2 Å². The summed E-state index contributed by atoms with van der Waals surface area (Å²) in [4.78, 5) is 30.8. The van der Waals surface area contributed by atoms with Crippen molar-refractivity contribution in [3.8, 4) is 0 Å². The summed E-state index contributed by atoms with van der Waals surface area (Å²) >= 11 is 0. The van der Waals surface area contributed by atoms with Crippen LogP contribution in [0.4, 0.5) is 5.69 Å². The van der Waals surface area contributed by atoms with Crippen LogP contribution in [-0.2, 0) is 16.1 Å². The molecule has 5 nitrogen and oxygen atoms in total.